The molecule has 0 spiro atoms. The number of rotatable bonds is 7. The molecule has 1 saturated heterocycles. The summed E-state index contributed by atoms with van der Waals surface area (Å²) in [7, 11) is 0. The molecular weight excluding hydrogens is 308 g/mol. The maximum atomic E-state index is 4.87. The minimum absolute atomic E-state index is 0.531. The van der Waals surface area contributed by atoms with Crippen LogP contribution < -0.4 is 10.6 Å². The maximum Gasteiger partial charge on any atom is 0.191 e. The van der Waals surface area contributed by atoms with Gasteiger partial charge < -0.3 is 10.6 Å². The van der Waals surface area contributed by atoms with E-state index in [1.54, 1.807) is 0 Å². The normalized spacial score (nSPS) is 24.8. The second-order valence-corrected chi connectivity index (χ2v) is 7.24. The molecule has 1 aliphatic heterocycles. The van der Waals surface area contributed by atoms with E-state index < -0.39 is 0 Å². The number of nitrogens with zero attached hydrogens (tertiary/aromatic N) is 2. The Labute approximate surface area is 152 Å². The summed E-state index contributed by atoms with van der Waals surface area (Å²) in [6.45, 7) is 11.1. The summed E-state index contributed by atoms with van der Waals surface area (Å²) in [4.78, 5) is 7.33. The van der Waals surface area contributed by atoms with E-state index in [0.717, 1.165) is 38.7 Å². The molecule has 3 rings (SSSR count). The molecule has 2 N–H and O–H groups in total. The van der Waals surface area contributed by atoms with E-state index in [1.807, 2.05) is 6.08 Å². The van der Waals surface area contributed by atoms with Crippen molar-refractivity contribution < 1.29 is 0 Å². The molecule has 2 unspecified atom stereocenters. The van der Waals surface area contributed by atoms with Crippen molar-refractivity contribution in [1.82, 2.24) is 15.5 Å². The molecule has 1 heterocycles. The lowest BCUT2D eigenvalue weighted by Gasteiger charge is -2.32. The highest BCUT2D eigenvalue weighted by molar-refractivity contribution is 5.80. The van der Waals surface area contributed by atoms with Crippen LogP contribution in [-0.4, -0.2) is 49.6 Å². The number of likely N-dealkylation sites (tertiary alicyclic amines) is 1. The van der Waals surface area contributed by atoms with Crippen molar-refractivity contribution in [3.05, 3.63) is 48.6 Å². The molecule has 1 aliphatic carbocycles. The van der Waals surface area contributed by atoms with Crippen molar-refractivity contribution >= 4 is 5.96 Å². The lowest BCUT2D eigenvalue weighted by atomic mass is 10.1. The highest BCUT2D eigenvalue weighted by Crippen LogP contribution is 2.47. The first kappa shape index (κ1) is 18.0. The van der Waals surface area contributed by atoms with Crippen LogP contribution in [0, 0.1) is 5.92 Å². The number of nitrogens with one attached hydrogen (secondary N) is 2. The van der Waals surface area contributed by atoms with Gasteiger partial charge in [-0.2, -0.15) is 0 Å². The average Bonchev–Trinajstić information content (AvgIpc) is 3.42. The van der Waals surface area contributed by atoms with E-state index in [-0.39, 0.29) is 0 Å². The predicted octanol–water partition coefficient (Wildman–Crippen LogP) is 3.00. The minimum atomic E-state index is 0.531. The van der Waals surface area contributed by atoms with Crippen LogP contribution in [0.15, 0.2) is 48.0 Å². The Morgan fingerprint density at radius 3 is 2.72 bits per heavy atom. The maximum absolute atomic E-state index is 4.87. The van der Waals surface area contributed by atoms with Crippen molar-refractivity contribution in [2.45, 2.75) is 38.1 Å². The SMILES string of the molecule is C=CCN1CCC(NC(=NCC2CC2c2ccccc2)NCC)CC1. The summed E-state index contributed by atoms with van der Waals surface area (Å²) >= 11 is 0. The molecule has 1 aromatic carbocycles. The third-order valence-electron chi connectivity index (χ3n) is 5.29. The molecule has 2 atom stereocenters. The van der Waals surface area contributed by atoms with Crippen molar-refractivity contribution in [2.75, 3.05) is 32.7 Å². The molecule has 2 aliphatic rings. The molecule has 0 bridgehead atoms. The molecule has 4 nitrogen and oxygen atoms in total. The second kappa shape index (κ2) is 9.04. The van der Waals surface area contributed by atoms with Crippen LogP contribution in [0.5, 0.6) is 0 Å². The van der Waals surface area contributed by atoms with Crippen LogP contribution in [-0.2, 0) is 0 Å². The van der Waals surface area contributed by atoms with Gasteiger partial charge in [-0.3, -0.25) is 9.89 Å². The van der Waals surface area contributed by atoms with Gasteiger partial charge in [0.2, 0.25) is 0 Å². The lowest BCUT2D eigenvalue weighted by Crippen LogP contribution is -2.48. The summed E-state index contributed by atoms with van der Waals surface area (Å²) in [5.74, 6) is 2.39. The van der Waals surface area contributed by atoms with E-state index >= 15 is 0 Å². The lowest BCUT2D eigenvalue weighted by molar-refractivity contribution is 0.225. The molecular formula is C21H32N4. The van der Waals surface area contributed by atoms with Gasteiger partial charge in [-0.05, 0) is 43.6 Å². The molecule has 136 valence electrons. The Kier molecular flexibility index (Phi) is 6.51. The van der Waals surface area contributed by atoms with Gasteiger partial charge >= 0.3 is 0 Å². The Morgan fingerprint density at radius 2 is 2.04 bits per heavy atom. The van der Waals surface area contributed by atoms with Crippen molar-refractivity contribution in [3.8, 4) is 0 Å². The first-order chi connectivity index (χ1) is 12.3. The van der Waals surface area contributed by atoms with Gasteiger partial charge in [-0.1, -0.05) is 36.4 Å². The van der Waals surface area contributed by atoms with Gasteiger partial charge in [0, 0.05) is 38.8 Å². The number of piperidine rings is 1. The van der Waals surface area contributed by atoms with Crippen molar-refractivity contribution in [2.24, 2.45) is 10.9 Å². The molecule has 0 radical (unpaired) electrons. The van der Waals surface area contributed by atoms with Crippen LogP contribution in [0.2, 0.25) is 0 Å². The van der Waals surface area contributed by atoms with Gasteiger partial charge in [0.15, 0.2) is 5.96 Å². The van der Waals surface area contributed by atoms with Crippen LogP contribution >= 0.6 is 0 Å². The van der Waals surface area contributed by atoms with Crippen LogP contribution in [0.4, 0.5) is 0 Å². The van der Waals surface area contributed by atoms with Crippen LogP contribution in [0.3, 0.4) is 0 Å². The fraction of sp³-hybridized carbons (Fsp3) is 0.571. The minimum Gasteiger partial charge on any atom is -0.357 e. The summed E-state index contributed by atoms with van der Waals surface area (Å²) < 4.78 is 0. The van der Waals surface area contributed by atoms with Gasteiger partial charge in [0.05, 0.1) is 0 Å². The Balaban J connectivity index is 1.46. The van der Waals surface area contributed by atoms with Crippen molar-refractivity contribution in [3.63, 3.8) is 0 Å². The monoisotopic (exact) mass is 340 g/mol. The smallest absolute Gasteiger partial charge is 0.191 e. The number of guanidine groups is 1. The molecule has 2 fully saturated rings. The zero-order valence-electron chi connectivity index (χ0n) is 15.5. The van der Waals surface area contributed by atoms with Gasteiger partial charge in [0.25, 0.3) is 0 Å². The molecule has 1 aromatic rings. The second-order valence-electron chi connectivity index (χ2n) is 7.24. The van der Waals surface area contributed by atoms with Gasteiger partial charge in [-0.25, -0.2) is 0 Å². The highest BCUT2D eigenvalue weighted by atomic mass is 15.2. The largest absolute Gasteiger partial charge is 0.357 e. The molecule has 0 aromatic heterocycles. The van der Waals surface area contributed by atoms with E-state index in [2.05, 4.69) is 59.4 Å². The molecule has 4 heteroatoms. The quantitative estimate of drug-likeness (QED) is 0.455. The first-order valence-electron chi connectivity index (χ1n) is 9.73. The zero-order valence-corrected chi connectivity index (χ0v) is 15.5. The van der Waals surface area contributed by atoms with Crippen molar-refractivity contribution in [1.29, 1.82) is 0 Å². The Bertz CT molecular complexity index is 561. The topological polar surface area (TPSA) is 39.7 Å². The van der Waals surface area contributed by atoms with Crippen LogP contribution in [0.1, 0.15) is 37.7 Å². The predicted molar refractivity (Wildman–Crippen MR) is 106 cm³/mol. The number of hydrogen-bond acceptors (Lipinski definition) is 2. The fourth-order valence-corrected chi connectivity index (χ4v) is 3.72. The molecule has 1 saturated carbocycles. The zero-order chi connectivity index (χ0) is 17.5. The van der Waals surface area contributed by atoms with E-state index in [1.165, 1.54) is 24.8 Å². The summed E-state index contributed by atoms with van der Waals surface area (Å²) in [5, 5.41) is 7.06. The third kappa shape index (κ3) is 5.33. The summed E-state index contributed by atoms with van der Waals surface area (Å²) in [5.41, 5.74) is 1.47. The fourth-order valence-electron chi connectivity index (χ4n) is 3.72. The van der Waals surface area contributed by atoms with E-state index in [9.17, 15) is 0 Å². The Morgan fingerprint density at radius 1 is 1.28 bits per heavy atom. The molecule has 25 heavy (non-hydrogen) atoms. The third-order valence-corrected chi connectivity index (χ3v) is 5.29. The van der Waals surface area contributed by atoms with Gasteiger partial charge in [0.1, 0.15) is 0 Å². The first-order valence-corrected chi connectivity index (χ1v) is 9.73. The number of hydrogen-bond donors (Lipinski definition) is 2. The van der Waals surface area contributed by atoms with Crippen LogP contribution in [0.25, 0.3) is 0 Å². The van der Waals surface area contributed by atoms with Gasteiger partial charge in [-0.15, -0.1) is 6.58 Å². The van der Waals surface area contributed by atoms with E-state index in [4.69, 9.17) is 4.99 Å². The average molecular weight is 341 g/mol. The highest BCUT2D eigenvalue weighted by Gasteiger charge is 2.37. The Hall–Kier alpha value is -1.81. The standard InChI is InChI=1S/C21H32N4/c1-3-12-25-13-10-19(11-14-25)24-21(22-4-2)23-16-18-15-20(18)17-8-6-5-7-9-17/h3,5-9,18-20H,1,4,10-16H2,2H3,(H2,22,23,24). The number of aliphatic imine (C=N–C) groups is 1. The summed E-state index contributed by atoms with van der Waals surface area (Å²) in [6, 6.07) is 11.4. The molecule has 0 amide bonds. The van der Waals surface area contributed by atoms with E-state index in [0.29, 0.717) is 17.9 Å². The summed E-state index contributed by atoms with van der Waals surface area (Å²) in [6.07, 6.45) is 5.62. The number of benzene rings is 1.